The lowest BCUT2D eigenvalue weighted by atomic mass is 9.84. The summed E-state index contributed by atoms with van der Waals surface area (Å²) in [6.07, 6.45) is 1.09. The van der Waals surface area contributed by atoms with E-state index in [1.807, 2.05) is 0 Å². The second-order valence-corrected chi connectivity index (χ2v) is 8.90. The highest BCUT2D eigenvalue weighted by atomic mass is 32.2. The zero-order chi connectivity index (χ0) is 21.8. The third kappa shape index (κ3) is 4.00. The minimum absolute atomic E-state index is 0.162. The zero-order valence-corrected chi connectivity index (χ0v) is 17.9. The minimum atomic E-state index is -4.25. The smallest absolute Gasteiger partial charge is 0.256 e. The maximum absolute atomic E-state index is 13.4. The van der Waals surface area contributed by atoms with Gasteiger partial charge in [-0.05, 0) is 43.6 Å². The van der Waals surface area contributed by atoms with E-state index in [-0.39, 0.29) is 11.3 Å². The maximum Gasteiger partial charge on any atom is 0.256 e. The van der Waals surface area contributed by atoms with Gasteiger partial charge in [0.25, 0.3) is 5.91 Å². The number of benzene rings is 2. The molecule has 162 valence electrons. The van der Waals surface area contributed by atoms with Crippen molar-refractivity contribution in [2.75, 3.05) is 27.3 Å². The number of para-hydroxylation sites is 1. The molecule has 1 heterocycles. The monoisotopic (exact) mass is 433 g/mol. The molecule has 3 rings (SSSR count). The third-order valence-corrected chi connectivity index (χ3v) is 7.08. The zero-order valence-electron chi connectivity index (χ0n) is 17.1. The third-order valence-electron chi connectivity index (χ3n) is 5.51. The van der Waals surface area contributed by atoms with E-state index in [1.54, 1.807) is 48.5 Å². The van der Waals surface area contributed by atoms with Crippen LogP contribution in [0.15, 0.2) is 48.5 Å². The fourth-order valence-electron chi connectivity index (χ4n) is 4.09. The standard InChI is InChI=1S/C21H27N3O5S/c1-28-18-10-6-9-17(19(18)29-2)20(25)24-21(30(22,26)27,15-7-4-3-5-8-15)16-11-13-23-14-12-16/h3-10,16,23H,11-14H2,1-2H3,(H,24,25)(H2,22,26,27). The number of amides is 1. The first-order valence-electron chi connectivity index (χ1n) is 9.67. The number of piperidine rings is 1. The lowest BCUT2D eigenvalue weighted by Gasteiger charge is -2.41. The van der Waals surface area contributed by atoms with Crippen LogP contribution in [-0.2, 0) is 14.9 Å². The number of primary sulfonamides is 1. The van der Waals surface area contributed by atoms with Crippen LogP contribution in [0.2, 0.25) is 0 Å². The number of ether oxygens (including phenoxy) is 2. The lowest BCUT2D eigenvalue weighted by molar-refractivity contribution is 0.0886. The average Bonchev–Trinajstić information content (AvgIpc) is 2.77. The highest BCUT2D eigenvalue weighted by Gasteiger charge is 2.51. The van der Waals surface area contributed by atoms with E-state index >= 15 is 0 Å². The molecule has 9 heteroatoms. The first kappa shape index (κ1) is 22.1. The van der Waals surface area contributed by atoms with Gasteiger partial charge in [-0.2, -0.15) is 0 Å². The Bertz CT molecular complexity index is 991. The molecular formula is C21H27N3O5S. The Morgan fingerprint density at radius 1 is 1.07 bits per heavy atom. The van der Waals surface area contributed by atoms with Crippen LogP contribution in [0.3, 0.4) is 0 Å². The summed E-state index contributed by atoms with van der Waals surface area (Å²) in [5, 5.41) is 11.8. The Balaban J connectivity index is 2.15. The lowest BCUT2D eigenvalue weighted by Crippen LogP contribution is -2.60. The molecule has 0 bridgehead atoms. The van der Waals surface area contributed by atoms with Gasteiger partial charge in [0.05, 0.1) is 19.8 Å². The molecule has 0 spiro atoms. The van der Waals surface area contributed by atoms with E-state index in [1.165, 1.54) is 14.2 Å². The van der Waals surface area contributed by atoms with Crippen LogP contribution in [0.4, 0.5) is 0 Å². The molecule has 8 nitrogen and oxygen atoms in total. The predicted octanol–water partition coefficient (Wildman–Crippen LogP) is 1.57. The summed E-state index contributed by atoms with van der Waals surface area (Å²) in [7, 11) is -1.36. The summed E-state index contributed by atoms with van der Waals surface area (Å²) < 4.78 is 36.8. The molecule has 1 aliphatic heterocycles. The van der Waals surface area contributed by atoms with E-state index in [0.29, 0.717) is 37.2 Å². The summed E-state index contributed by atoms with van der Waals surface area (Å²) in [5.41, 5.74) is 0.587. The van der Waals surface area contributed by atoms with Crippen molar-refractivity contribution in [1.29, 1.82) is 0 Å². The Morgan fingerprint density at radius 3 is 2.30 bits per heavy atom. The summed E-state index contributed by atoms with van der Waals surface area (Å²) in [6.45, 7) is 1.26. The van der Waals surface area contributed by atoms with Crippen LogP contribution in [0.1, 0.15) is 28.8 Å². The molecule has 1 fully saturated rings. The molecule has 0 saturated carbocycles. The van der Waals surface area contributed by atoms with Gasteiger partial charge in [-0.25, -0.2) is 13.6 Å². The van der Waals surface area contributed by atoms with Gasteiger partial charge in [0.2, 0.25) is 10.0 Å². The molecule has 0 aromatic heterocycles. The number of rotatable bonds is 7. The summed E-state index contributed by atoms with van der Waals surface area (Å²) in [6, 6.07) is 13.5. The minimum Gasteiger partial charge on any atom is -0.493 e. The molecule has 2 aromatic carbocycles. The van der Waals surface area contributed by atoms with Crippen molar-refractivity contribution in [3.05, 3.63) is 59.7 Å². The van der Waals surface area contributed by atoms with Gasteiger partial charge in [0.1, 0.15) is 0 Å². The largest absolute Gasteiger partial charge is 0.493 e. The first-order chi connectivity index (χ1) is 14.3. The van der Waals surface area contributed by atoms with E-state index in [2.05, 4.69) is 10.6 Å². The quantitative estimate of drug-likeness (QED) is 0.610. The van der Waals surface area contributed by atoms with Crippen molar-refractivity contribution in [3.8, 4) is 11.5 Å². The summed E-state index contributed by atoms with van der Waals surface area (Å²) in [5.74, 6) is -0.425. The first-order valence-corrected chi connectivity index (χ1v) is 11.2. The Morgan fingerprint density at radius 2 is 1.73 bits per heavy atom. The molecule has 1 unspecified atom stereocenters. The van der Waals surface area contributed by atoms with Crippen LogP contribution >= 0.6 is 0 Å². The molecule has 1 saturated heterocycles. The average molecular weight is 434 g/mol. The Labute approximate surface area is 176 Å². The van der Waals surface area contributed by atoms with E-state index in [9.17, 15) is 13.2 Å². The van der Waals surface area contributed by atoms with Gasteiger partial charge in [-0.1, -0.05) is 36.4 Å². The van der Waals surface area contributed by atoms with Crippen LogP contribution in [0.25, 0.3) is 0 Å². The molecule has 1 aliphatic rings. The van der Waals surface area contributed by atoms with Crippen molar-refractivity contribution in [2.24, 2.45) is 11.1 Å². The number of nitrogens with two attached hydrogens (primary N) is 1. The number of carbonyl (C=O) groups excluding carboxylic acids is 1. The van der Waals surface area contributed by atoms with Crippen LogP contribution in [0, 0.1) is 5.92 Å². The fourth-order valence-corrected chi connectivity index (χ4v) is 5.49. The van der Waals surface area contributed by atoms with Crippen molar-refractivity contribution < 1.29 is 22.7 Å². The molecule has 2 aromatic rings. The van der Waals surface area contributed by atoms with E-state index in [0.717, 1.165) is 0 Å². The Kier molecular flexibility index (Phi) is 6.64. The summed E-state index contributed by atoms with van der Waals surface area (Å²) in [4.78, 5) is 11.6. The highest BCUT2D eigenvalue weighted by molar-refractivity contribution is 7.90. The van der Waals surface area contributed by atoms with Crippen molar-refractivity contribution >= 4 is 15.9 Å². The summed E-state index contributed by atoms with van der Waals surface area (Å²) >= 11 is 0. The van der Waals surface area contributed by atoms with Crippen molar-refractivity contribution in [1.82, 2.24) is 10.6 Å². The van der Waals surface area contributed by atoms with Crippen LogP contribution < -0.4 is 25.2 Å². The molecule has 0 radical (unpaired) electrons. The molecule has 1 amide bonds. The maximum atomic E-state index is 13.4. The highest BCUT2D eigenvalue weighted by Crippen LogP contribution is 2.40. The van der Waals surface area contributed by atoms with Gasteiger partial charge in [-0.3, -0.25) is 4.79 Å². The normalized spacial score (nSPS) is 17.0. The van der Waals surface area contributed by atoms with Crippen molar-refractivity contribution in [2.45, 2.75) is 17.7 Å². The van der Waals surface area contributed by atoms with Crippen molar-refractivity contribution in [3.63, 3.8) is 0 Å². The number of methoxy groups -OCH3 is 2. The molecular weight excluding hydrogens is 406 g/mol. The topological polar surface area (TPSA) is 120 Å². The van der Waals surface area contributed by atoms with Gasteiger partial charge >= 0.3 is 0 Å². The van der Waals surface area contributed by atoms with Gasteiger partial charge in [0, 0.05) is 5.92 Å². The SMILES string of the molecule is COc1cccc(C(=O)NC(c2ccccc2)(C2CCNCC2)S(N)(=O)=O)c1OC. The van der Waals surface area contributed by atoms with Crippen LogP contribution in [0.5, 0.6) is 11.5 Å². The number of hydrogen-bond donors (Lipinski definition) is 3. The molecule has 0 aliphatic carbocycles. The number of nitrogens with one attached hydrogen (secondary N) is 2. The number of carbonyl (C=O) groups is 1. The van der Waals surface area contributed by atoms with Gasteiger partial charge in [-0.15, -0.1) is 0 Å². The Hall–Kier alpha value is -2.62. The fraction of sp³-hybridized carbons (Fsp3) is 0.381. The predicted molar refractivity (Wildman–Crippen MR) is 114 cm³/mol. The number of hydrogen-bond acceptors (Lipinski definition) is 6. The van der Waals surface area contributed by atoms with E-state index in [4.69, 9.17) is 14.6 Å². The van der Waals surface area contributed by atoms with E-state index < -0.39 is 26.7 Å². The number of sulfonamides is 1. The molecule has 30 heavy (non-hydrogen) atoms. The second kappa shape index (κ2) is 9.03. The second-order valence-electron chi connectivity index (χ2n) is 7.17. The molecule has 4 N–H and O–H groups in total. The molecule has 1 atom stereocenters. The van der Waals surface area contributed by atoms with Gasteiger partial charge < -0.3 is 20.1 Å². The van der Waals surface area contributed by atoms with Gasteiger partial charge in [0.15, 0.2) is 16.4 Å². The van der Waals surface area contributed by atoms with Crippen LogP contribution in [-0.4, -0.2) is 41.6 Å².